The molecule has 1 saturated carbocycles. The summed E-state index contributed by atoms with van der Waals surface area (Å²) in [7, 11) is 0. The van der Waals surface area contributed by atoms with Crippen LogP contribution in [0.1, 0.15) is 39.0 Å². The maximum absolute atomic E-state index is 12.2. The molecular formula is C15H18BrIO2. The molecule has 0 aromatic heterocycles. The van der Waals surface area contributed by atoms with Crippen LogP contribution >= 0.6 is 38.5 Å². The van der Waals surface area contributed by atoms with Crippen molar-refractivity contribution in [1.82, 2.24) is 0 Å². The molecule has 0 N–H and O–H groups in total. The molecule has 0 aliphatic heterocycles. The Hall–Kier alpha value is -0.100. The van der Waals surface area contributed by atoms with Crippen LogP contribution in [0.4, 0.5) is 0 Å². The van der Waals surface area contributed by atoms with Crippen LogP contribution in [-0.2, 0) is 4.79 Å². The number of carbonyl (C=O) groups is 1. The average molecular weight is 437 g/mol. The summed E-state index contributed by atoms with van der Waals surface area (Å²) in [5.74, 6) is 1.43. The van der Waals surface area contributed by atoms with E-state index in [-0.39, 0.29) is 11.9 Å². The molecule has 0 atom stereocenters. The Kier molecular flexibility index (Phi) is 5.69. The van der Waals surface area contributed by atoms with E-state index in [9.17, 15) is 4.79 Å². The molecule has 1 aliphatic carbocycles. The zero-order valence-electron chi connectivity index (χ0n) is 11.0. The van der Waals surface area contributed by atoms with Gasteiger partial charge in [0.05, 0.1) is 10.4 Å². The maximum atomic E-state index is 12.2. The van der Waals surface area contributed by atoms with Gasteiger partial charge in [-0.3, -0.25) is 4.79 Å². The predicted molar refractivity (Wildman–Crippen MR) is 88.2 cm³/mol. The molecule has 1 aromatic carbocycles. The molecule has 0 unspecified atom stereocenters. The number of hydrogen-bond acceptors (Lipinski definition) is 2. The highest BCUT2D eigenvalue weighted by molar-refractivity contribution is 14.1. The molecule has 0 saturated heterocycles. The van der Waals surface area contributed by atoms with E-state index in [1.807, 2.05) is 18.2 Å². The van der Waals surface area contributed by atoms with Crippen LogP contribution in [0, 0.1) is 15.4 Å². The molecule has 104 valence electrons. The van der Waals surface area contributed by atoms with Gasteiger partial charge in [-0.1, -0.05) is 13.3 Å². The zero-order valence-corrected chi connectivity index (χ0v) is 14.7. The summed E-state index contributed by atoms with van der Waals surface area (Å²) in [5.41, 5.74) is 0. The van der Waals surface area contributed by atoms with Crippen molar-refractivity contribution in [2.45, 2.75) is 39.0 Å². The van der Waals surface area contributed by atoms with Crippen LogP contribution in [0.2, 0.25) is 0 Å². The van der Waals surface area contributed by atoms with Gasteiger partial charge in [0.15, 0.2) is 0 Å². The van der Waals surface area contributed by atoms with Gasteiger partial charge in [0.25, 0.3) is 0 Å². The molecule has 0 amide bonds. The Bertz CT molecular complexity index is 453. The Morgan fingerprint density at radius 3 is 2.63 bits per heavy atom. The Balaban J connectivity index is 1.94. The molecule has 0 heterocycles. The summed E-state index contributed by atoms with van der Waals surface area (Å²) in [6, 6.07) is 5.75. The highest BCUT2D eigenvalue weighted by atomic mass is 127. The zero-order chi connectivity index (χ0) is 13.8. The minimum atomic E-state index is -0.0727. The van der Waals surface area contributed by atoms with Gasteiger partial charge in [-0.2, -0.15) is 0 Å². The molecule has 0 spiro atoms. The van der Waals surface area contributed by atoms with Crippen molar-refractivity contribution in [3.8, 4) is 5.75 Å². The first-order chi connectivity index (χ1) is 9.10. The van der Waals surface area contributed by atoms with Gasteiger partial charge in [-0.25, -0.2) is 0 Å². The first-order valence-electron chi connectivity index (χ1n) is 6.77. The predicted octanol–water partition coefficient (Wildman–Crippen LogP) is 5.18. The molecule has 0 bridgehead atoms. The van der Waals surface area contributed by atoms with Gasteiger partial charge in [0.1, 0.15) is 5.75 Å². The SMILES string of the molecule is CCC1CCC(C(=O)Oc2ccc(I)cc2Br)CC1. The standard InChI is InChI=1S/C15H18BrIO2/c1-2-10-3-5-11(6-4-10)15(18)19-14-8-7-12(17)9-13(14)16/h7-11H,2-6H2,1H3. The van der Waals surface area contributed by atoms with Crippen molar-refractivity contribution in [1.29, 1.82) is 0 Å². The first kappa shape index (κ1) is 15.3. The summed E-state index contributed by atoms with van der Waals surface area (Å²) in [6.07, 6.45) is 5.48. The molecular weight excluding hydrogens is 419 g/mol. The minimum absolute atomic E-state index is 0.0727. The second-order valence-electron chi connectivity index (χ2n) is 5.12. The quantitative estimate of drug-likeness (QED) is 0.371. The highest BCUT2D eigenvalue weighted by Gasteiger charge is 2.27. The number of carbonyl (C=O) groups excluding carboxylic acids is 1. The van der Waals surface area contributed by atoms with Crippen LogP contribution < -0.4 is 4.74 Å². The average Bonchev–Trinajstić information content (AvgIpc) is 2.42. The van der Waals surface area contributed by atoms with E-state index in [2.05, 4.69) is 45.4 Å². The first-order valence-corrected chi connectivity index (χ1v) is 8.64. The van der Waals surface area contributed by atoms with Gasteiger partial charge >= 0.3 is 5.97 Å². The van der Waals surface area contributed by atoms with Crippen molar-refractivity contribution in [2.24, 2.45) is 11.8 Å². The van der Waals surface area contributed by atoms with Crippen molar-refractivity contribution in [2.75, 3.05) is 0 Å². The van der Waals surface area contributed by atoms with E-state index >= 15 is 0 Å². The van der Waals surface area contributed by atoms with Crippen LogP contribution in [-0.4, -0.2) is 5.97 Å². The van der Waals surface area contributed by atoms with Crippen molar-refractivity contribution in [3.05, 3.63) is 26.2 Å². The summed E-state index contributed by atoms with van der Waals surface area (Å²) >= 11 is 5.67. The molecule has 19 heavy (non-hydrogen) atoms. The smallest absolute Gasteiger partial charge is 0.314 e. The maximum Gasteiger partial charge on any atom is 0.314 e. The van der Waals surface area contributed by atoms with Crippen LogP contribution in [0.3, 0.4) is 0 Å². The number of esters is 1. The molecule has 1 fully saturated rings. The third-order valence-electron chi connectivity index (χ3n) is 3.86. The number of hydrogen-bond donors (Lipinski definition) is 0. The second-order valence-corrected chi connectivity index (χ2v) is 7.22. The third-order valence-corrected chi connectivity index (χ3v) is 5.15. The fraction of sp³-hybridized carbons (Fsp3) is 0.533. The third kappa shape index (κ3) is 4.18. The molecule has 2 rings (SSSR count). The highest BCUT2D eigenvalue weighted by Crippen LogP contribution is 2.33. The van der Waals surface area contributed by atoms with Gasteiger partial charge in [0.2, 0.25) is 0 Å². The number of ether oxygens (including phenoxy) is 1. The van der Waals surface area contributed by atoms with Gasteiger partial charge in [-0.05, 0) is 88.3 Å². The second kappa shape index (κ2) is 7.07. The lowest BCUT2D eigenvalue weighted by molar-refractivity contribution is -0.140. The Labute approximate surface area is 136 Å². The fourth-order valence-corrected chi connectivity index (χ4v) is 3.93. The van der Waals surface area contributed by atoms with Crippen molar-refractivity contribution >= 4 is 44.5 Å². The minimum Gasteiger partial charge on any atom is -0.425 e. The lowest BCUT2D eigenvalue weighted by Gasteiger charge is -2.26. The normalized spacial score (nSPS) is 23.1. The van der Waals surface area contributed by atoms with Gasteiger partial charge in [-0.15, -0.1) is 0 Å². The monoisotopic (exact) mass is 436 g/mol. The number of halogens is 2. The summed E-state index contributed by atoms with van der Waals surface area (Å²) in [5, 5.41) is 0. The van der Waals surface area contributed by atoms with Crippen molar-refractivity contribution in [3.63, 3.8) is 0 Å². The summed E-state index contributed by atoms with van der Waals surface area (Å²) in [4.78, 5) is 12.2. The van der Waals surface area contributed by atoms with E-state index in [4.69, 9.17) is 4.74 Å². The van der Waals surface area contributed by atoms with E-state index in [1.165, 1.54) is 6.42 Å². The summed E-state index contributed by atoms with van der Waals surface area (Å²) in [6.45, 7) is 2.23. The number of benzene rings is 1. The van der Waals surface area contributed by atoms with Gasteiger partial charge in [0, 0.05) is 3.57 Å². The van der Waals surface area contributed by atoms with Crippen molar-refractivity contribution < 1.29 is 9.53 Å². The molecule has 2 nitrogen and oxygen atoms in total. The van der Waals surface area contributed by atoms with E-state index in [1.54, 1.807) is 0 Å². The van der Waals surface area contributed by atoms with E-state index < -0.39 is 0 Å². The molecule has 0 radical (unpaired) electrons. The van der Waals surface area contributed by atoms with E-state index in [0.717, 1.165) is 39.6 Å². The lowest BCUT2D eigenvalue weighted by atomic mass is 9.81. The molecule has 1 aromatic rings. The topological polar surface area (TPSA) is 26.3 Å². The van der Waals surface area contributed by atoms with Crippen LogP contribution in [0.15, 0.2) is 22.7 Å². The molecule has 4 heteroatoms. The van der Waals surface area contributed by atoms with Gasteiger partial charge < -0.3 is 4.74 Å². The lowest BCUT2D eigenvalue weighted by Crippen LogP contribution is -2.25. The fourth-order valence-electron chi connectivity index (χ4n) is 2.56. The van der Waals surface area contributed by atoms with Crippen LogP contribution in [0.5, 0.6) is 5.75 Å². The van der Waals surface area contributed by atoms with E-state index in [0.29, 0.717) is 5.75 Å². The Morgan fingerprint density at radius 2 is 2.05 bits per heavy atom. The number of rotatable bonds is 3. The molecule has 1 aliphatic rings. The Morgan fingerprint density at radius 1 is 1.37 bits per heavy atom. The van der Waals surface area contributed by atoms with Crippen LogP contribution in [0.25, 0.3) is 0 Å². The summed E-state index contributed by atoms with van der Waals surface area (Å²) < 4.78 is 7.48. The largest absolute Gasteiger partial charge is 0.425 e.